The number of aromatic nitrogens is 1. The highest BCUT2D eigenvalue weighted by molar-refractivity contribution is 6.33. The summed E-state index contributed by atoms with van der Waals surface area (Å²) in [5, 5.41) is 33.4. The minimum absolute atomic E-state index is 0.0684. The number of hydrogen-bond acceptors (Lipinski definition) is 4. The third kappa shape index (κ3) is 8.58. The molecule has 8 nitrogen and oxygen atoms in total. The van der Waals surface area contributed by atoms with Gasteiger partial charge in [0.15, 0.2) is 6.54 Å². The van der Waals surface area contributed by atoms with Gasteiger partial charge >= 0.3 is 0 Å². The van der Waals surface area contributed by atoms with E-state index in [1.165, 1.54) is 32.7 Å². The van der Waals surface area contributed by atoms with Crippen LogP contribution in [-0.4, -0.2) is 56.5 Å². The van der Waals surface area contributed by atoms with Crippen LogP contribution in [0, 0.1) is 19.8 Å². The number of halogens is 1. The van der Waals surface area contributed by atoms with E-state index in [2.05, 4.69) is 126 Å². The van der Waals surface area contributed by atoms with E-state index in [4.69, 9.17) is 11.6 Å². The van der Waals surface area contributed by atoms with Gasteiger partial charge in [-0.2, -0.15) is 4.58 Å². The smallest absolute Gasteiger partial charge is 0.224 e. The number of aromatic hydroxyl groups is 2. The number of phenolic OH excluding ortho intramolecular Hbond substituents is 2. The molecule has 2 aliphatic rings. The Kier molecular flexibility index (Phi) is 12.0. The first-order valence-electron chi connectivity index (χ1n) is 22.1. The number of nitrogens with one attached hydrogen (secondary N) is 2. The molecule has 4 N–H and O–H groups in total. The molecule has 6 aromatic carbocycles. The number of nitrogens with zero attached hydrogens (tertiary/aromatic N) is 2. The molecule has 0 spiro atoms. The van der Waals surface area contributed by atoms with E-state index < -0.39 is 0 Å². The molecule has 2 amide bonds. The third-order valence-corrected chi connectivity index (χ3v) is 13.2. The van der Waals surface area contributed by atoms with Gasteiger partial charge in [-0.25, -0.2) is 0 Å². The zero-order valence-corrected chi connectivity index (χ0v) is 37.2. The van der Waals surface area contributed by atoms with Crippen molar-refractivity contribution in [2.45, 2.75) is 53.0 Å². The zero-order chi connectivity index (χ0) is 44.5. The SMILES string of the molecule is Cc1ccc2c3c(cccc13)C(C=CC1=C(Cl)C(=CC=c3c4cccc5c(C)ccc(c54)n3CCNC(=O)Cc3ccc(O)cc3)CC(C)C1)=[N+]2CCNC(=O)Cc1ccc(O)cc1. The Labute approximate surface area is 378 Å². The topological polar surface area (TPSA) is 107 Å². The number of phenols is 2. The van der Waals surface area contributed by atoms with Crippen LogP contribution in [-0.2, 0) is 29.0 Å². The maximum atomic E-state index is 13.0. The van der Waals surface area contributed by atoms with Gasteiger partial charge in [-0.3, -0.25) is 9.59 Å². The van der Waals surface area contributed by atoms with Crippen molar-refractivity contribution in [1.82, 2.24) is 15.2 Å². The molecular weight excluding hydrogens is 816 g/mol. The molecule has 64 heavy (non-hydrogen) atoms. The lowest BCUT2D eigenvalue weighted by molar-refractivity contribution is -0.433. The van der Waals surface area contributed by atoms with E-state index in [0.717, 1.165) is 73.4 Å². The maximum absolute atomic E-state index is 13.0. The number of carbonyl (C=O) groups is 2. The Balaban J connectivity index is 1.02. The summed E-state index contributed by atoms with van der Waals surface area (Å²) < 4.78 is 4.61. The molecule has 2 heterocycles. The highest BCUT2D eigenvalue weighted by atomic mass is 35.5. The van der Waals surface area contributed by atoms with E-state index in [1.54, 1.807) is 48.5 Å². The summed E-state index contributed by atoms with van der Waals surface area (Å²) in [6.45, 7) is 8.65. The fourth-order valence-electron chi connectivity index (χ4n) is 9.52. The van der Waals surface area contributed by atoms with Crippen LogP contribution < -0.4 is 16.0 Å². The average Bonchev–Trinajstić information content (AvgIpc) is 3.76. The van der Waals surface area contributed by atoms with Crippen molar-refractivity contribution in [3.63, 3.8) is 0 Å². The van der Waals surface area contributed by atoms with Crippen LogP contribution in [0.5, 0.6) is 11.5 Å². The maximum Gasteiger partial charge on any atom is 0.224 e. The van der Waals surface area contributed by atoms with Crippen LogP contribution in [0.2, 0.25) is 0 Å². The second-order valence-corrected chi connectivity index (χ2v) is 17.6. The highest BCUT2D eigenvalue weighted by Gasteiger charge is 2.31. The predicted molar refractivity (Wildman–Crippen MR) is 260 cm³/mol. The van der Waals surface area contributed by atoms with Crippen molar-refractivity contribution in [3.8, 4) is 11.5 Å². The van der Waals surface area contributed by atoms with E-state index >= 15 is 0 Å². The quantitative estimate of drug-likeness (QED) is 0.0867. The molecule has 1 aliphatic carbocycles. The van der Waals surface area contributed by atoms with Crippen LogP contribution in [0.25, 0.3) is 38.5 Å². The molecule has 1 aliphatic heterocycles. The highest BCUT2D eigenvalue weighted by Crippen LogP contribution is 2.39. The van der Waals surface area contributed by atoms with Crippen LogP contribution >= 0.6 is 11.6 Å². The minimum atomic E-state index is -0.0684. The molecule has 0 saturated carbocycles. The molecule has 9 heteroatoms. The van der Waals surface area contributed by atoms with Gasteiger partial charge in [0.1, 0.15) is 11.5 Å². The summed E-state index contributed by atoms with van der Waals surface area (Å²) in [5.41, 5.74) is 10.8. The lowest BCUT2D eigenvalue weighted by Crippen LogP contribution is -2.31. The number of aryl methyl sites for hydroxylation is 2. The van der Waals surface area contributed by atoms with Crippen molar-refractivity contribution < 1.29 is 24.4 Å². The second-order valence-electron chi connectivity index (χ2n) is 17.3. The molecule has 1 aromatic heterocycles. The predicted octanol–water partition coefficient (Wildman–Crippen LogP) is 9.75. The number of hydrogen-bond donors (Lipinski definition) is 4. The number of allylic oxidation sites excluding steroid dienone is 6. The Morgan fingerprint density at radius 1 is 0.719 bits per heavy atom. The molecule has 1 unspecified atom stereocenters. The number of carbonyl (C=O) groups excluding carboxylic acids is 2. The molecule has 0 bridgehead atoms. The number of amides is 2. The minimum Gasteiger partial charge on any atom is -0.508 e. The molecule has 322 valence electrons. The van der Waals surface area contributed by atoms with Gasteiger partial charge in [0, 0.05) is 51.9 Å². The summed E-state index contributed by atoms with van der Waals surface area (Å²) in [6.07, 6.45) is 10.9. The van der Waals surface area contributed by atoms with Gasteiger partial charge in [0.2, 0.25) is 23.2 Å². The first kappa shape index (κ1) is 42.4. The van der Waals surface area contributed by atoms with Gasteiger partial charge < -0.3 is 25.4 Å². The van der Waals surface area contributed by atoms with E-state index in [0.29, 0.717) is 32.1 Å². The lowest BCUT2D eigenvalue weighted by Gasteiger charge is -2.22. The summed E-state index contributed by atoms with van der Waals surface area (Å²) in [4.78, 5) is 26.0. The Bertz CT molecular complexity index is 3150. The van der Waals surface area contributed by atoms with Gasteiger partial charge in [-0.1, -0.05) is 97.4 Å². The molecule has 0 radical (unpaired) electrons. The summed E-state index contributed by atoms with van der Waals surface area (Å²) in [6, 6.07) is 35.1. The second kappa shape index (κ2) is 18.1. The zero-order valence-electron chi connectivity index (χ0n) is 36.4. The van der Waals surface area contributed by atoms with Crippen molar-refractivity contribution in [1.29, 1.82) is 0 Å². The normalized spacial score (nSPS) is 16.1. The Morgan fingerprint density at radius 2 is 1.33 bits per heavy atom. The first-order chi connectivity index (χ1) is 31.0. The van der Waals surface area contributed by atoms with Crippen LogP contribution in [0.3, 0.4) is 0 Å². The van der Waals surface area contributed by atoms with Crippen molar-refractivity contribution >= 4 is 73.3 Å². The largest absolute Gasteiger partial charge is 0.508 e. The summed E-state index contributed by atoms with van der Waals surface area (Å²) in [7, 11) is 0. The van der Waals surface area contributed by atoms with Gasteiger partial charge in [0.05, 0.1) is 30.3 Å². The molecule has 0 saturated heterocycles. The van der Waals surface area contributed by atoms with Crippen molar-refractivity contribution in [2.75, 3.05) is 19.6 Å². The van der Waals surface area contributed by atoms with E-state index in [1.807, 2.05) is 0 Å². The molecule has 7 aromatic rings. The standard InChI is InChI=1S/C55H51ClN4O4/c1-34-30-39(16-24-47-45-8-4-6-43-35(2)10-22-49(53(43)45)59(47)28-26-57-51(63)32-37-12-18-41(61)19-13-37)55(56)40(31-34)17-25-48-46-9-5-7-44-36(3)11-23-50(54(44)46)60(48)29-27-58-52(64)33-38-14-20-42(62)21-15-38/h4-25,34H,26-33H2,1-3H3,(H3-,57,58,61,62,63,64)/p+1. The molecule has 0 fully saturated rings. The number of benzene rings is 6. The van der Waals surface area contributed by atoms with Gasteiger partial charge in [-0.05, 0) is 119 Å². The Morgan fingerprint density at radius 3 is 2.02 bits per heavy atom. The fourth-order valence-corrected chi connectivity index (χ4v) is 9.80. The molecule has 9 rings (SSSR count). The third-order valence-electron chi connectivity index (χ3n) is 12.7. The van der Waals surface area contributed by atoms with Crippen LogP contribution in [0.4, 0.5) is 5.69 Å². The van der Waals surface area contributed by atoms with Crippen molar-refractivity contribution in [2.24, 2.45) is 5.92 Å². The average molecular weight is 868 g/mol. The van der Waals surface area contributed by atoms with Crippen LogP contribution in [0.1, 0.15) is 47.6 Å². The fraction of sp³-hybridized carbons (Fsp3) is 0.218. The molecular formula is C55H52ClN4O4+. The van der Waals surface area contributed by atoms with E-state index in [9.17, 15) is 19.8 Å². The van der Waals surface area contributed by atoms with Gasteiger partial charge in [0.25, 0.3) is 0 Å². The molecule has 1 atom stereocenters. The first-order valence-corrected chi connectivity index (χ1v) is 22.4. The lowest BCUT2D eigenvalue weighted by atomic mass is 9.86. The van der Waals surface area contributed by atoms with E-state index in [-0.39, 0.29) is 36.2 Å². The summed E-state index contributed by atoms with van der Waals surface area (Å²) in [5.74, 6) is 0.591. The summed E-state index contributed by atoms with van der Waals surface area (Å²) >= 11 is 7.40. The van der Waals surface area contributed by atoms with Crippen LogP contribution in [0.15, 0.2) is 144 Å². The Hall–Kier alpha value is -6.90. The number of rotatable bonds is 13. The van der Waals surface area contributed by atoms with Gasteiger partial charge in [-0.15, -0.1) is 0 Å². The monoisotopic (exact) mass is 867 g/mol. The van der Waals surface area contributed by atoms with Crippen molar-refractivity contribution in [3.05, 3.63) is 177 Å².